The number of hydrogen-bond donors (Lipinski definition) is 0. The molecule has 7 heteroatoms. The van der Waals surface area contributed by atoms with Crippen LogP contribution in [0.4, 0.5) is 5.82 Å². The van der Waals surface area contributed by atoms with E-state index in [1.54, 1.807) is 0 Å². The molecule has 0 aromatic carbocycles. The van der Waals surface area contributed by atoms with Gasteiger partial charge in [-0.25, -0.2) is 4.98 Å². The lowest BCUT2D eigenvalue weighted by atomic mass is 10.3. The van der Waals surface area contributed by atoms with E-state index in [4.69, 9.17) is 0 Å². The van der Waals surface area contributed by atoms with Crippen molar-refractivity contribution in [1.29, 1.82) is 0 Å². The van der Waals surface area contributed by atoms with Crippen molar-refractivity contribution in [2.45, 2.75) is 26.8 Å². The van der Waals surface area contributed by atoms with Gasteiger partial charge in [0.1, 0.15) is 5.82 Å². The van der Waals surface area contributed by atoms with E-state index in [1.165, 1.54) is 13.0 Å². The first-order chi connectivity index (χ1) is 11.1. The summed E-state index contributed by atoms with van der Waals surface area (Å²) < 4.78 is 1.84. The van der Waals surface area contributed by atoms with E-state index in [1.807, 2.05) is 36.5 Å². The van der Waals surface area contributed by atoms with Gasteiger partial charge in [-0.15, -0.1) is 5.10 Å². The molecule has 0 amide bonds. The summed E-state index contributed by atoms with van der Waals surface area (Å²) in [4.78, 5) is 16.1. The highest BCUT2D eigenvalue weighted by atomic mass is 15.4. The van der Waals surface area contributed by atoms with E-state index in [0.29, 0.717) is 5.78 Å². The summed E-state index contributed by atoms with van der Waals surface area (Å²) >= 11 is 0. The molecule has 3 rings (SSSR count). The highest BCUT2D eigenvalue weighted by Gasteiger charge is 2.19. The lowest BCUT2D eigenvalue weighted by Crippen LogP contribution is -2.46. The van der Waals surface area contributed by atoms with Crippen LogP contribution in [0, 0.1) is 6.92 Å². The molecule has 1 aliphatic heterocycles. The lowest BCUT2D eigenvalue weighted by Gasteiger charge is -2.33. The van der Waals surface area contributed by atoms with E-state index in [2.05, 4.69) is 31.8 Å². The number of hydrogen-bond acceptors (Lipinski definition) is 6. The molecule has 0 spiro atoms. The monoisotopic (exact) mass is 317 g/mol. The highest BCUT2D eigenvalue weighted by Crippen LogP contribution is 2.15. The fourth-order valence-corrected chi connectivity index (χ4v) is 3.08. The fraction of sp³-hybridized carbons (Fsp3) is 0.688. The number of fused-ring (bicyclic) bond motifs is 1. The number of rotatable bonds is 5. The molecule has 126 valence electrons. The Kier molecular flexibility index (Phi) is 4.77. The van der Waals surface area contributed by atoms with Crippen LogP contribution in [0.25, 0.3) is 5.78 Å². The van der Waals surface area contributed by atoms with Crippen molar-refractivity contribution in [3.63, 3.8) is 0 Å². The van der Waals surface area contributed by atoms with Gasteiger partial charge in [0.05, 0.1) is 6.54 Å². The standard InChI is InChI=1S/C16H27N7/c1-5-6-21-7-9-22(10-8-21)12-14-18-16-17-13(2)11-15(20(3)4)23(16)19-14/h11H,5-10,12H2,1-4H3. The van der Waals surface area contributed by atoms with Gasteiger partial charge in [-0.3, -0.25) is 4.90 Å². The van der Waals surface area contributed by atoms with Crippen LogP contribution in [0.15, 0.2) is 6.07 Å². The quantitative estimate of drug-likeness (QED) is 0.821. The molecule has 7 nitrogen and oxygen atoms in total. The second-order valence-electron chi connectivity index (χ2n) is 6.51. The van der Waals surface area contributed by atoms with E-state index < -0.39 is 0 Å². The van der Waals surface area contributed by atoms with Crippen LogP contribution in [0.5, 0.6) is 0 Å². The average Bonchev–Trinajstić information content (AvgIpc) is 2.90. The zero-order chi connectivity index (χ0) is 16.4. The van der Waals surface area contributed by atoms with Gasteiger partial charge in [-0.1, -0.05) is 6.92 Å². The number of aryl methyl sites for hydroxylation is 1. The fourth-order valence-electron chi connectivity index (χ4n) is 3.08. The van der Waals surface area contributed by atoms with Crippen molar-refractivity contribution in [1.82, 2.24) is 29.4 Å². The molecule has 0 saturated carbocycles. The van der Waals surface area contributed by atoms with Crippen LogP contribution in [0.1, 0.15) is 24.9 Å². The molecule has 0 N–H and O–H groups in total. The molecule has 2 aromatic heterocycles. The van der Waals surface area contributed by atoms with Crippen molar-refractivity contribution in [2.75, 3.05) is 51.7 Å². The third-order valence-corrected chi connectivity index (χ3v) is 4.29. The first-order valence-electron chi connectivity index (χ1n) is 8.42. The molecule has 1 fully saturated rings. The van der Waals surface area contributed by atoms with Crippen LogP contribution < -0.4 is 4.90 Å². The van der Waals surface area contributed by atoms with Crippen molar-refractivity contribution in [2.24, 2.45) is 0 Å². The highest BCUT2D eigenvalue weighted by molar-refractivity contribution is 5.46. The summed E-state index contributed by atoms with van der Waals surface area (Å²) in [5.41, 5.74) is 0.966. The van der Waals surface area contributed by atoms with Gasteiger partial charge in [0.15, 0.2) is 5.82 Å². The van der Waals surface area contributed by atoms with Crippen molar-refractivity contribution >= 4 is 11.6 Å². The van der Waals surface area contributed by atoms with Gasteiger partial charge < -0.3 is 9.80 Å². The maximum absolute atomic E-state index is 4.67. The zero-order valence-corrected chi connectivity index (χ0v) is 14.7. The molecular formula is C16H27N7. The minimum absolute atomic E-state index is 0.688. The Balaban J connectivity index is 1.73. The maximum Gasteiger partial charge on any atom is 0.254 e. The summed E-state index contributed by atoms with van der Waals surface area (Å²) in [5, 5.41) is 4.67. The lowest BCUT2D eigenvalue weighted by molar-refractivity contribution is 0.125. The Morgan fingerprint density at radius 1 is 1.09 bits per heavy atom. The first kappa shape index (κ1) is 16.1. The molecule has 0 aliphatic carbocycles. The Morgan fingerprint density at radius 3 is 2.43 bits per heavy atom. The predicted molar refractivity (Wildman–Crippen MR) is 91.9 cm³/mol. The van der Waals surface area contributed by atoms with Crippen LogP contribution in [-0.4, -0.2) is 76.2 Å². The van der Waals surface area contributed by atoms with Gasteiger partial charge in [-0.05, 0) is 19.9 Å². The van der Waals surface area contributed by atoms with Crippen molar-refractivity contribution < 1.29 is 0 Å². The summed E-state index contributed by atoms with van der Waals surface area (Å²) in [6.45, 7) is 10.7. The van der Waals surface area contributed by atoms with E-state index >= 15 is 0 Å². The van der Waals surface area contributed by atoms with Gasteiger partial charge in [0.2, 0.25) is 0 Å². The van der Waals surface area contributed by atoms with Gasteiger partial charge >= 0.3 is 0 Å². The SMILES string of the molecule is CCCN1CCN(Cc2nc3nc(C)cc(N(C)C)n3n2)CC1. The van der Waals surface area contributed by atoms with Gasteiger partial charge in [0.25, 0.3) is 5.78 Å². The normalized spacial score (nSPS) is 17.0. The number of nitrogens with zero attached hydrogens (tertiary/aromatic N) is 7. The smallest absolute Gasteiger partial charge is 0.254 e. The molecule has 0 unspecified atom stereocenters. The maximum atomic E-state index is 4.67. The topological polar surface area (TPSA) is 52.8 Å². The Labute approximate surface area is 137 Å². The van der Waals surface area contributed by atoms with Crippen LogP contribution in [0.3, 0.4) is 0 Å². The predicted octanol–water partition coefficient (Wildman–Crippen LogP) is 1.03. The third-order valence-electron chi connectivity index (χ3n) is 4.29. The molecule has 0 atom stereocenters. The minimum Gasteiger partial charge on any atom is -0.363 e. The number of piperazine rings is 1. The number of anilines is 1. The number of aromatic nitrogens is 4. The summed E-state index contributed by atoms with van der Waals surface area (Å²) in [5.74, 6) is 2.56. The summed E-state index contributed by atoms with van der Waals surface area (Å²) in [7, 11) is 4.03. The zero-order valence-electron chi connectivity index (χ0n) is 14.7. The van der Waals surface area contributed by atoms with Crippen molar-refractivity contribution in [3.05, 3.63) is 17.6 Å². The molecule has 2 aromatic rings. The Bertz CT molecular complexity index is 656. The second kappa shape index (κ2) is 6.80. The van der Waals surface area contributed by atoms with Gasteiger partial charge in [-0.2, -0.15) is 9.50 Å². The Morgan fingerprint density at radius 2 is 1.78 bits per heavy atom. The largest absolute Gasteiger partial charge is 0.363 e. The first-order valence-corrected chi connectivity index (χ1v) is 8.42. The molecule has 0 bridgehead atoms. The van der Waals surface area contributed by atoms with Crippen molar-refractivity contribution in [3.8, 4) is 0 Å². The van der Waals surface area contributed by atoms with Gasteiger partial charge in [0, 0.05) is 52.0 Å². The molecular weight excluding hydrogens is 290 g/mol. The van der Waals surface area contributed by atoms with E-state index in [-0.39, 0.29) is 0 Å². The third kappa shape index (κ3) is 3.61. The average molecular weight is 317 g/mol. The van der Waals surface area contributed by atoms with E-state index in [0.717, 1.165) is 50.1 Å². The molecule has 1 saturated heterocycles. The molecule has 23 heavy (non-hydrogen) atoms. The summed E-state index contributed by atoms with van der Waals surface area (Å²) in [6, 6.07) is 2.04. The molecule has 1 aliphatic rings. The Hall–Kier alpha value is -1.73. The van der Waals surface area contributed by atoms with Crippen LogP contribution in [0.2, 0.25) is 0 Å². The minimum atomic E-state index is 0.688. The van der Waals surface area contributed by atoms with E-state index in [9.17, 15) is 0 Å². The molecule has 3 heterocycles. The van der Waals surface area contributed by atoms with Crippen LogP contribution in [-0.2, 0) is 6.54 Å². The van der Waals surface area contributed by atoms with Crippen LogP contribution >= 0.6 is 0 Å². The second-order valence-corrected chi connectivity index (χ2v) is 6.51. The summed E-state index contributed by atoms with van der Waals surface area (Å²) in [6.07, 6.45) is 1.23. The molecule has 0 radical (unpaired) electrons.